The fourth-order valence-electron chi connectivity index (χ4n) is 3.48. The highest BCUT2D eigenvalue weighted by Crippen LogP contribution is 2.35. The van der Waals surface area contributed by atoms with Crippen LogP contribution >= 0.6 is 0 Å². The van der Waals surface area contributed by atoms with Gasteiger partial charge >= 0.3 is 0 Å². The minimum atomic E-state index is -0.0309. The molecule has 1 atom stereocenters. The molecule has 0 aliphatic carbocycles. The van der Waals surface area contributed by atoms with E-state index in [1.54, 1.807) is 0 Å². The summed E-state index contributed by atoms with van der Waals surface area (Å²) in [7, 11) is 4.03. The molecule has 1 N–H and O–H groups in total. The lowest BCUT2D eigenvalue weighted by Crippen LogP contribution is -2.35. The molecule has 2 aromatic carbocycles. The van der Waals surface area contributed by atoms with Crippen molar-refractivity contribution in [2.75, 3.05) is 27.4 Å². The molecule has 28 heavy (non-hydrogen) atoms. The van der Waals surface area contributed by atoms with E-state index in [-0.39, 0.29) is 24.2 Å². The zero-order valence-electron chi connectivity index (χ0n) is 17.2. The Morgan fingerprint density at radius 1 is 1.11 bits per heavy atom. The highest BCUT2D eigenvalue weighted by molar-refractivity contribution is 5.76. The number of hydrogen-bond donors (Lipinski definition) is 1. The molecule has 3 rings (SSSR count). The summed E-state index contributed by atoms with van der Waals surface area (Å²) < 4.78 is 10.9. The average Bonchev–Trinajstić information content (AvgIpc) is 3.15. The molecule has 1 unspecified atom stereocenters. The Hall–Kier alpha value is -2.53. The monoisotopic (exact) mass is 382 g/mol. The van der Waals surface area contributed by atoms with E-state index in [9.17, 15) is 4.79 Å². The summed E-state index contributed by atoms with van der Waals surface area (Å²) in [6.07, 6.45) is 1.31. The average molecular weight is 383 g/mol. The molecule has 1 heterocycles. The highest BCUT2D eigenvalue weighted by Gasteiger charge is 2.23. The third-order valence-corrected chi connectivity index (χ3v) is 5.43. The number of nitrogens with zero attached hydrogens (tertiary/aromatic N) is 1. The Bertz CT molecular complexity index is 803. The van der Waals surface area contributed by atoms with Gasteiger partial charge < -0.3 is 19.7 Å². The molecule has 1 aliphatic heterocycles. The number of nitrogens with one attached hydrogen (secondary N) is 1. The second-order valence-corrected chi connectivity index (χ2v) is 8.15. The normalized spacial score (nSPS) is 14.2. The van der Waals surface area contributed by atoms with Gasteiger partial charge in [0.2, 0.25) is 12.7 Å². The van der Waals surface area contributed by atoms with Crippen molar-refractivity contribution < 1.29 is 14.3 Å². The maximum atomic E-state index is 12.5. The summed E-state index contributed by atoms with van der Waals surface area (Å²) in [5.74, 6) is 1.62. The van der Waals surface area contributed by atoms with Crippen molar-refractivity contribution in [3.8, 4) is 11.5 Å². The van der Waals surface area contributed by atoms with Gasteiger partial charge in [-0.3, -0.25) is 4.79 Å². The maximum absolute atomic E-state index is 12.5. The van der Waals surface area contributed by atoms with E-state index in [4.69, 9.17) is 9.47 Å². The van der Waals surface area contributed by atoms with Crippen LogP contribution in [0, 0.1) is 0 Å². The Labute approximate surface area is 167 Å². The second kappa shape index (κ2) is 8.65. The lowest BCUT2D eigenvalue weighted by atomic mass is 9.80. The standard InChI is InChI=1S/C23H30N2O3/c1-23(2,18-8-6-5-7-9-18)13-12-22(26)24-15-19(25(3)4)17-10-11-20-21(14-17)28-16-27-20/h5-11,14,19H,12-13,15-16H2,1-4H3,(H,24,26). The fourth-order valence-corrected chi connectivity index (χ4v) is 3.48. The maximum Gasteiger partial charge on any atom is 0.231 e. The van der Waals surface area contributed by atoms with Crippen LogP contribution in [0.3, 0.4) is 0 Å². The molecule has 0 saturated carbocycles. The first kappa shape index (κ1) is 20.2. The van der Waals surface area contributed by atoms with Gasteiger partial charge in [0.15, 0.2) is 11.5 Å². The van der Waals surface area contributed by atoms with Crippen molar-refractivity contribution in [3.63, 3.8) is 0 Å². The molecule has 5 nitrogen and oxygen atoms in total. The van der Waals surface area contributed by atoms with Crippen LogP contribution in [0.25, 0.3) is 0 Å². The number of fused-ring (bicyclic) bond motifs is 1. The predicted octanol–water partition coefficient (Wildman–Crippen LogP) is 3.89. The van der Waals surface area contributed by atoms with E-state index < -0.39 is 0 Å². The molecule has 5 heteroatoms. The number of benzene rings is 2. The number of rotatable bonds is 8. The van der Waals surface area contributed by atoms with Crippen molar-refractivity contribution in [3.05, 3.63) is 59.7 Å². The molecular formula is C23H30N2O3. The van der Waals surface area contributed by atoms with Crippen molar-refractivity contribution in [2.45, 2.75) is 38.1 Å². The summed E-state index contributed by atoms with van der Waals surface area (Å²) >= 11 is 0. The summed E-state index contributed by atoms with van der Waals surface area (Å²) in [6.45, 7) is 5.19. The Morgan fingerprint density at radius 3 is 2.54 bits per heavy atom. The van der Waals surface area contributed by atoms with Gasteiger partial charge in [-0.05, 0) is 49.2 Å². The number of ether oxygens (including phenoxy) is 2. The van der Waals surface area contributed by atoms with Gasteiger partial charge in [-0.1, -0.05) is 50.2 Å². The molecule has 0 aromatic heterocycles. The quantitative estimate of drug-likeness (QED) is 0.752. The summed E-state index contributed by atoms with van der Waals surface area (Å²) in [5, 5.41) is 3.10. The minimum Gasteiger partial charge on any atom is -0.454 e. The van der Waals surface area contributed by atoms with Crippen LogP contribution in [0.2, 0.25) is 0 Å². The molecule has 0 saturated heterocycles. The molecule has 0 fully saturated rings. The van der Waals surface area contributed by atoms with Gasteiger partial charge in [-0.25, -0.2) is 0 Å². The Morgan fingerprint density at radius 2 is 1.82 bits per heavy atom. The van der Waals surface area contributed by atoms with Gasteiger partial charge in [0, 0.05) is 13.0 Å². The van der Waals surface area contributed by atoms with Crippen LogP contribution in [-0.2, 0) is 10.2 Å². The van der Waals surface area contributed by atoms with Crippen LogP contribution in [0.5, 0.6) is 11.5 Å². The first-order valence-corrected chi connectivity index (χ1v) is 9.75. The molecule has 0 spiro atoms. The van der Waals surface area contributed by atoms with E-state index in [0.29, 0.717) is 13.0 Å². The van der Waals surface area contributed by atoms with Gasteiger partial charge in [-0.15, -0.1) is 0 Å². The smallest absolute Gasteiger partial charge is 0.231 e. The predicted molar refractivity (Wildman–Crippen MR) is 111 cm³/mol. The van der Waals surface area contributed by atoms with Crippen molar-refractivity contribution >= 4 is 5.91 Å². The number of carbonyl (C=O) groups excluding carboxylic acids is 1. The van der Waals surface area contributed by atoms with Crippen molar-refractivity contribution in [1.29, 1.82) is 0 Å². The van der Waals surface area contributed by atoms with Gasteiger partial charge in [0.05, 0.1) is 6.04 Å². The topological polar surface area (TPSA) is 50.8 Å². The van der Waals surface area contributed by atoms with E-state index in [2.05, 4.69) is 36.2 Å². The largest absolute Gasteiger partial charge is 0.454 e. The third kappa shape index (κ3) is 4.84. The number of carbonyl (C=O) groups is 1. The Kier molecular flexibility index (Phi) is 6.25. The van der Waals surface area contributed by atoms with Crippen LogP contribution in [0.4, 0.5) is 0 Å². The SMILES string of the molecule is CN(C)C(CNC(=O)CCC(C)(C)c1ccccc1)c1ccc2c(c1)OCO2. The highest BCUT2D eigenvalue weighted by atomic mass is 16.7. The van der Waals surface area contributed by atoms with Gasteiger partial charge in [0.25, 0.3) is 0 Å². The van der Waals surface area contributed by atoms with Crippen LogP contribution in [0.15, 0.2) is 48.5 Å². The molecular weight excluding hydrogens is 352 g/mol. The third-order valence-electron chi connectivity index (χ3n) is 5.43. The lowest BCUT2D eigenvalue weighted by Gasteiger charge is -2.27. The summed E-state index contributed by atoms with van der Waals surface area (Å²) in [5.41, 5.74) is 2.32. The van der Waals surface area contributed by atoms with E-state index in [1.807, 2.05) is 50.5 Å². The zero-order chi connectivity index (χ0) is 20.1. The van der Waals surface area contributed by atoms with Crippen LogP contribution < -0.4 is 14.8 Å². The molecule has 1 amide bonds. The lowest BCUT2D eigenvalue weighted by molar-refractivity contribution is -0.121. The van der Waals surface area contributed by atoms with E-state index in [1.165, 1.54) is 5.56 Å². The van der Waals surface area contributed by atoms with E-state index >= 15 is 0 Å². The first-order valence-electron chi connectivity index (χ1n) is 9.75. The van der Waals surface area contributed by atoms with Crippen LogP contribution in [0.1, 0.15) is 43.9 Å². The fraction of sp³-hybridized carbons (Fsp3) is 0.435. The Balaban J connectivity index is 1.56. The molecule has 0 bridgehead atoms. The molecule has 1 aliphatic rings. The van der Waals surface area contributed by atoms with Gasteiger partial charge in [0.1, 0.15) is 0 Å². The zero-order valence-corrected chi connectivity index (χ0v) is 17.2. The van der Waals surface area contributed by atoms with E-state index in [0.717, 1.165) is 23.5 Å². The number of hydrogen-bond acceptors (Lipinski definition) is 4. The molecule has 0 radical (unpaired) electrons. The minimum absolute atomic E-state index is 0.0309. The molecule has 150 valence electrons. The summed E-state index contributed by atoms with van der Waals surface area (Å²) in [4.78, 5) is 14.6. The van der Waals surface area contributed by atoms with Crippen LogP contribution in [-0.4, -0.2) is 38.2 Å². The van der Waals surface area contributed by atoms with Gasteiger partial charge in [-0.2, -0.15) is 0 Å². The van der Waals surface area contributed by atoms with Crippen molar-refractivity contribution in [2.24, 2.45) is 0 Å². The first-order chi connectivity index (χ1) is 13.4. The second-order valence-electron chi connectivity index (χ2n) is 8.15. The number of likely N-dealkylation sites (N-methyl/N-ethyl adjacent to an activating group) is 1. The molecule has 2 aromatic rings. The van der Waals surface area contributed by atoms with Crippen molar-refractivity contribution in [1.82, 2.24) is 10.2 Å². The summed E-state index contributed by atoms with van der Waals surface area (Å²) in [6, 6.07) is 16.4. The number of amides is 1.